The molecule has 4 heteroatoms. The molecule has 2 N–H and O–H groups in total. The lowest BCUT2D eigenvalue weighted by atomic mass is 9.99. The van der Waals surface area contributed by atoms with Crippen molar-refractivity contribution in [2.45, 2.75) is 32.6 Å². The Morgan fingerprint density at radius 3 is 2.78 bits per heavy atom. The standard InChI is InChI=1S/C19H22N2O.ClH/c1-14-8-9-16-6-4-12-21(18(16)13-14)19(22)11-10-15-5-2-3-7-17(15)20;/h2-3,5,7-9,13H,4,6,10-12,20H2,1H3;1H. The van der Waals surface area contributed by atoms with E-state index in [1.165, 1.54) is 11.1 Å². The highest BCUT2D eigenvalue weighted by Crippen LogP contribution is 2.29. The monoisotopic (exact) mass is 330 g/mol. The van der Waals surface area contributed by atoms with Gasteiger partial charge in [0.2, 0.25) is 5.91 Å². The van der Waals surface area contributed by atoms with Crippen molar-refractivity contribution in [3.63, 3.8) is 0 Å². The van der Waals surface area contributed by atoms with Gasteiger partial charge in [-0.2, -0.15) is 0 Å². The number of nitrogens with two attached hydrogens (primary N) is 1. The highest BCUT2D eigenvalue weighted by atomic mass is 35.5. The number of aryl methyl sites for hydroxylation is 3. The lowest BCUT2D eigenvalue weighted by Gasteiger charge is -2.30. The quantitative estimate of drug-likeness (QED) is 0.867. The summed E-state index contributed by atoms with van der Waals surface area (Å²) in [6.07, 6.45) is 3.30. The number of nitrogen functional groups attached to an aromatic ring is 1. The zero-order chi connectivity index (χ0) is 15.5. The molecule has 122 valence electrons. The van der Waals surface area contributed by atoms with Gasteiger partial charge in [0.15, 0.2) is 0 Å². The molecular weight excluding hydrogens is 308 g/mol. The van der Waals surface area contributed by atoms with Crippen molar-refractivity contribution in [1.29, 1.82) is 0 Å². The van der Waals surface area contributed by atoms with Gasteiger partial charge in [0, 0.05) is 24.3 Å². The number of amides is 1. The van der Waals surface area contributed by atoms with E-state index < -0.39 is 0 Å². The first kappa shape index (κ1) is 17.4. The molecule has 0 fully saturated rings. The van der Waals surface area contributed by atoms with E-state index in [2.05, 4.69) is 25.1 Å². The molecule has 1 aliphatic rings. The Kier molecular flexibility index (Phi) is 5.67. The SMILES string of the molecule is Cc1ccc2c(c1)N(C(=O)CCc1ccccc1N)CCC2.Cl. The molecule has 0 aliphatic carbocycles. The first-order valence-corrected chi connectivity index (χ1v) is 7.88. The van der Waals surface area contributed by atoms with Crippen LogP contribution in [-0.4, -0.2) is 12.5 Å². The highest BCUT2D eigenvalue weighted by molar-refractivity contribution is 5.94. The summed E-state index contributed by atoms with van der Waals surface area (Å²) in [5, 5.41) is 0. The number of rotatable bonds is 3. The Hall–Kier alpha value is -2.00. The summed E-state index contributed by atoms with van der Waals surface area (Å²) in [7, 11) is 0. The number of halogens is 1. The van der Waals surface area contributed by atoms with E-state index in [9.17, 15) is 4.79 Å². The minimum atomic E-state index is 0. The summed E-state index contributed by atoms with van der Waals surface area (Å²) in [4.78, 5) is 14.6. The van der Waals surface area contributed by atoms with Gasteiger partial charge in [0.1, 0.15) is 0 Å². The van der Waals surface area contributed by atoms with E-state index in [1.54, 1.807) is 0 Å². The van der Waals surface area contributed by atoms with Gasteiger partial charge in [-0.1, -0.05) is 30.3 Å². The van der Waals surface area contributed by atoms with Gasteiger partial charge in [0.05, 0.1) is 0 Å². The molecule has 2 aromatic carbocycles. The van der Waals surface area contributed by atoms with E-state index in [1.807, 2.05) is 29.2 Å². The van der Waals surface area contributed by atoms with Crippen LogP contribution in [0.1, 0.15) is 29.5 Å². The Labute approximate surface area is 143 Å². The molecule has 0 aromatic heterocycles. The number of carbonyl (C=O) groups excluding carboxylic acids is 1. The molecule has 1 amide bonds. The molecule has 1 aliphatic heterocycles. The van der Waals surface area contributed by atoms with Gasteiger partial charge in [-0.3, -0.25) is 4.79 Å². The van der Waals surface area contributed by atoms with E-state index >= 15 is 0 Å². The maximum absolute atomic E-state index is 12.6. The first-order valence-electron chi connectivity index (χ1n) is 7.88. The van der Waals surface area contributed by atoms with E-state index in [0.717, 1.165) is 36.3 Å². The van der Waals surface area contributed by atoms with E-state index in [4.69, 9.17) is 5.73 Å². The number of hydrogen-bond acceptors (Lipinski definition) is 2. The van der Waals surface area contributed by atoms with Crippen LogP contribution in [0, 0.1) is 6.92 Å². The number of hydrogen-bond donors (Lipinski definition) is 1. The normalized spacial score (nSPS) is 13.2. The van der Waals surface area contributed by atoms with Crippen LogP contribution >= 0.6 is 12.4 Å². The summed E-state index contributed by atoms with van der Waals surface area (Å²) in [6.45, 7) is 2.89. The summed E-state index contributed by atoms with van der Waals surface area (Å²) in [6, 6.07) is 14.2. The van der Waals surface area contributed by atoms with Gasteiger partial charge >= 0.3 is 0 Å². The zero-order valence-electron chi connectivity index (χ0n) is 13.4. The number of benzene rings is 2. The van der Waals surface area contributed by atoms with Crippen molar-refractivity contribution in [3.8, 4) is 0 Å². The zero-order valence-corrected chi connectivity index (χ0v) is 14.2. The van der Waals surface area contributed by atoms with Gasteiger partial charge < -0.3 is 10.6 Å². The maximum Gasteiger partial charge on any atom is 0.227 e. The van der Waals surface area contributed by atoms with Crippen molar-refractivity contribution >= 4 is 29.7 Å². The topological polar surface area (TPSA) is 46.3 Å². The van der Waals surface area contributed by atoms with Crippen LogP contribution in [-0.2, 0) is 17.6 Å². The van der Waals surface area contributed by atoms with Gasteiger partial charge in [-0.05, 0) is 55.0 Å². The van der Waals surface area contributed by atoms with Gasteiger partial charge in [-0.15, -0.1) is 12.4 Å². The van der Waals surface area contributed by atoms with Crippen molar-refractivity contribution in [3.05, 3.63) is 59.2 Å². The third-order valence-electron chi connectivity index (χ3n) is 4.32. The number of para-hydroxylation sites is 1. The van der Waals surface area contributed by atoms with E-state index in [0.29, 0.717) is 12.8 Å². The van der Waals surface area contributed by atoms with Crippen molar-refractivity contribution < 1.29 is 4.79 Å². The Morgan fingerprint density at radius 2 is 2.00 bits per heavy atom. The molecule has 23 heavy (non-hydrogen) atoms. The Morgan fingerprint density at radius 1 is 1.22 bits per heavy atom. The highest BCUT2D eigenvalue weighted by Gasteiger charge is 2.22. The fraction of sp³-hybridized carbons (Fsp3) is 0.316. The van der Waals surface area contributed by atoms with E-state index in [-0.39, 0.29) is 18.3 Å². The minimum Gasteiger partial charge on any atom is -0.399 e. The van der Waals surface area contributed by atoms with Crippen LogP contribution in [0.2, 0.25) is 0 Å². The molecule has 0 bridgehead atoms. The predicted octanol–water partition coefficient (Wildman–Crippen LogP) is 3.91. The second-order valence-corrected chi connectivity index (χ2v) is 5.98. The molecule has 0 atom stereocenters. The lowest BCUT2D eigenvalue weighted by Crippen LogP contribution is -2.35. The fourth-order valence-corrected chi connectivity index (χ4v) is 3.08. The maximum atomic E-state index is 12.6. The smallest absolute Gasteiger partial charge is 0.227 e. The molecular formula is C19H23ClN2O. The third-order valence-corrected chi connectivity index (χ3v) is 4.32. The number of nitrogens with zero attached hydrogens (tertiary/aromatic N) is 1. The van der Waals surface area contributed by atoms with Gasteiger partial charge in [-0.25, -0.2) is 0 Å². The molecule has 3 nitrogen and oxygen atoms in total. The minimum absolute atomic E-state index is 0. The molecule has 0 saturated carbocycles. The number of fused-ring (bicyclic) bond motifs is 1. The average molecular weight is 331 g/mol. The summed E-state index contributed by atoms with van der Waals surface area (Å²) in [5.74, 6) is 0.190. The van der Waals surface area contributed by atoms with Crippen molar-refractivity contribution in [2.75, 3.05) is 17.2 Å². The Balaban J connectivity index is 0.00000192. The van der Waals surface area contributed by atoms with Crippen molar-refractivity contribution in [2.24, 2.45) is 0 Å². The molecule has 2 aromatic rings. The molecule has 0 spiro atoms. The molecule has 0 unspecified atom stereocenters. The third kappa shape index (κ3) is 3.85. The second kappa shape index (κ2) is 7.51. The van der Waals surface area contributed by atoms with Crippen LogP contribution in [0.15, 0.2) is 42.5 Å². The van der Waals surface area contributed by atoms with Crippen LogP contribution in [0.3, 0.4) is 0 Å². The molecule has 1 heterocycles. The second-order valence-electron chi connectivity index (χ2n) is 5.98. The molecule has 0 saturated heterocycles. The van der Waals surface area contributed by atoms with Crippen LogP contribution in [0.25, 0.3) is 0 Å². The largest absolute Gasteiger partial charge is 0.399 e. The van der Waals surface area contributed by atoms with Gasteiger partial charge in [0.25, 0.3) is 0 Å². The fourth-order valence-electron chi connectivity index (χ4n) is 3.08. The van der Waals surface area contributed by atoms with Crippen LogP contribution in [0.4, 0.5) is 11.4 Å². The summed E-state index contributed by atoms with van der Waals surface area (Å²) >= 11 is 0. The summed E-state index contributed by atoms with van der Waals surface area (Å²) < 4.78 is 0. The average Bonchev–Trinajstić information content (AvgIpc) is 2.53. The number of anilines is 2. The van der Waals surface area contributed by atoms with Crippen LogP contribution in [0.5, 0.6) is 0 Å². The molecule has 0 radical (unpaired) electrons. The number of carbonyl (C=O) groups is 1. The summed E-state index contributed by atoms with van der Waals surface area (Å²) in [5.41, 5.74) is 11.4. The first-order chi connectivity index (χ1) is 10.6. The molecule has 3 rings (SSSR count). The predicted molar refractivity (Wildman–Crippen MR) is 98.3 cm³/mol. The van der Waals surface area contributed by atoms with Crippen molar-refractivity contribution in [1.82, 2.24) is 0 Å². The van der Waals surface area contributed by atoms with Crippen LogP contribution < -0.4 is 10.6 Å². The Bertz CT molecular complexity index is 700. The lowest BCUT2D eigenvalue weighted by molar-refractivity contribution is -0.118.